The summed E-state index contributed by atoms with van der Waals surface area (Å²) in [5.74, 6) is -0.186. The van der Waals surface area contributed by atoms with Gasteiger partial charge in [0.05, 0.1) is 10.5 Å². The van der Waals surface area contributed by atoms with Crippen molar-refractivity contribution in [3.8, 4) is 6.07 Å². The van der Waals surface area contributed by atoms with Crippen LogP contribution in [0.3, 0.4) is 0 Å². The molecule has 0 radical (unpaired) electrons. The molecule has 8 nitrogen and oxygen atoms in total. The number of alkyl halides is 3. The van der Waals surface area contributed by atoms with Crippen LogP contribution in [0.5, 0.6) is 0 Å². The maximum Gasteiger partial charge on any atom is 0.417 e. The van der Waals surface area contributed by atoms with Gasteiger partial charge in [-0.2, -0.15) is 23.5 Å². The van der Waals surface area contributed by atoms with Gasteiger partial charge in [-0.1, -0.05) is 0 Å². The van der Waals surface area contributed by atoms with Gasteiger partial charge in [0, 0.05) is 24.0 Å². The number of hydrogen-bond acceptors (Lipinski definition) is 6. The predicted molar refractivity (Wildman–Crippen MR) is 100 cm³/mol. The number of nitrogens with one attached hydrogen (secondary N) is 2. The molecule has 1 aromatic carbocycles. The first-order valence-corrected chi connectivity index (χ1v) is 10.4. The molecule has 0 aliphatic carbocycles. The highest BCUT2D eigenvalue weighted by Gasteiger charge is 2.34. The summed E-state index contributed by atoms with van der Waals surface area (Å²) in [4.78, 5) is 13.3. The Labute approximate surface area is 166 Å². The number of anilines is 1. The third kappa shape index (κ3) is 3.56. The van der Waals surface area contributed by atoms with Gasteiger partial charge in [0.2, 0.25) is 5.56 Å². The molecule has 0 aliphatic heterocycles. The Morgan fingerprint density at radius 1 is 1.28 bits per heavy atom. The number of aromatic nitrogens is 3. The molecule has 2 heterocycles. The quantitative estimate of drug-likeness (QED) is 0.598. The molecular formula is C16H12F3N5O3S2. The van der Waals surface area contributed by atoms with Crippen LogP contribution in [0.25, 0.3) is 10.9 Å². The Morgan fingerprint density at radius 3 is 2.55 bits per heavy atom. The molecule has 0 amide bonds. The molecule has 3 rings (SSSR count). The zero-order valence-corrected chi connectivity index (χ0v) is 16.5. The van der Waals surface area contributed by atoms with Crippen molar-refractivity contribution in [1.29, 1.82) is 5.26 Å². The van der Waals surface area contributed by atoms with Crippen LogP contribution in [0.2, 0.25) is 0 Å². The number of hydrogen-bond donors (Lipinski definition) is 2. The molecule has 29 heavy (non-hydrogen) atoms. The van der Waals surface area contributed by atoms with Gasteiger partial charge in [-0.15, -0.1) is 11.8 Å². The molecule has 0 unspecified atom stereocenters. The lowest BCUT2D eigenvalue weighted by atomic mass is 10.1. The minimum absolute atomic E-state index is 0.00956. The van der Waals surface area contributed by atoms with Crippen LogP contribution < -0.4 is 9.86 Å². The average molecular weight is 443 g/mol. The summed E-state index contributed by atoms with van der Waals surface area (Å²) in [6.07, 6.45) is -3.19. The summed E-state index contributed by atoms with van der Waals surface area (Å²) in [5.41, 5.74) is -2.38. The van der Waals surface area contributed by atoms with Gasteiger partial charge in [0.25, 0.3) is 10.0 Å². The summed E-state index contributed by atoms with van der Waals surface area (Å²) in [6, 6.07) is 5.20. The Balaban J connectivity index is 2.20. The normalized spacial score (nSPS) is 12.1. The van der Waals surface area contributed by atoms with Crippen LogP contribution in [0.1, 0.15) is 11.1 Å². The van der Waals surface area contributed by atoms with E-state index in [2.05, 4.69) is 15.2 Å². The number of aromatic amines is 2. The van der Waals surface area contributed by atoms with E-state index in [-0.39, 0.29) is 16.9 Å². The molecule has 0 saturated carbocycles. The third-order valence-corrected chi connectivity index (χ3v) is 6.55. The lowest BCUT2D eigenvalue weighted by molar-refractivity contribution is -0.136. The SMILES string of the molecule is CSc1[nH]nc(N(C)S(=O)(=O)c2ccc3[nH]c(=O)cc(C(F)(F)F)c3c2)c1C#N. The maximum absolute atomic E-state index is 13.3. The Bertz CT molecular complexity index is 1310. The lowest BCUT2D eigenvalue weighted by Crippen LogP contribution is -2.27. The van der Waals surface area contributed by atoms with Gasteiger partial charge in [-0.25, -0.2) is 8.42 Å². The van der Waals surface area contributed by atoms with Crippen LogP contribution >= 0.6 is 11.8 Å². The zero-order chi connectivity index (χ0) is 21.6. The van der Waals surface area contributed by atoms with Gasteiger partial charge in [-0.3, -0.25) is 14.2 Å². The van der Waals surface area contributed by atoms with Crippen LogP contribution in [-0.4, -0.2) is 36.9 Å². The molecule has 0 atom stereocenters. The summed E-state index contributed by atoms with van der Waals surface area (Å²) >= 11 is 1.15. The van der Waals surface area contributed by atoms with Crippen molar-refractivity contribution in [2.24, 2.45) is 0 Å². The van der Waals surface area contributed by atoms with Crippen molar-refractivity contribution in [1.82, 2.24) is 15.2 Å². The van der Waals surface area contributed by atoms with Gasteiger partial charge in [0.1, 0.15) is 16.7 Å². The van der Waals surface area contributed by atoms with Crippen LogP contribution in [0.15, 0.2) is 39.0 Å². The van der Waals surface area contributed by atoms with E-state index in [1.165, 1.54) is 0 Å². The highest BCUT2D eigenvalue weighted by atomic mass is 32.2. The minimum Gasteiger partial charge on any atom is -0.322 e. The summed E-state index contributed by atoms with van der Waals surface area (Å²) in [7, 11) is -3.22. The number of nitrogens with zero attached hydrogens (tertiary/aromatic N) is 3. The Kier molecular flexibility index (Phi) is 5.10. The molecule has 13 heteroatoms. The molecule has 0 spiro atoms. The molecule has 0 bridgehead atoms. The van der Waals surface area contributed by atoms with E-state index in [0.717, 1.165) is 37.0 Å². The van der Waals surface area contributed by atoms with Crippen molar-refractivity contribution in [3.05, 3.63) is 45.7 Å². The van der Waals surface area contributed by atoms with Gasteiger partial charge in [-0.05, 0) is 24.5 Å². The molecular weight excluding hydrogens is 431 g/mol. The van der Waals surface area contributed by atoms with Gasteiger partial charge in [0.15, 0.2) is 5.82 Å². The standard InChI is InChI=1S/C16H12F3N5O3S2/c1-24(14-10(7-20)15(28-2)23-22-14)29(26,27)8-3-4-12-9(5-8)11(16(17,18)19)6-13(25)21-12/h3-6H,1-2H3,(H,21,25)(H,22,23). The molecule has 2 N–H and O–H groups in total. The molecule has 3 aromatic rings. The average Bonchev–Trinajstić information content (AvgIpc) is 3.08. The van der Waals surface area contributed by atoms with Gasteiger partial charge < -0.3 is 4.98 Å². The van der Waals surface area contributed by atoms with E-state index in [9.17, 15) is 31.6 Å². The van der Waals surface area contributed by atoms with Crippen molar-refractivity contribution < 1.29 is 21.6 Å². The Hall–Kier alpha value is -2.98. The first-order chi connectivity index (χ1) is 13.5. The zero-order valence-electron chi connectivity index (χ0n) is 14.8. The number of benzene rings is 1. The van der Waals surface area contributed by atoms with Crippen molar-refractivity contribution in [2.75, 3.05) is 17.6 Å². The number of sulfonamides is 1. The van der Waals surface area contributed by atoms with Crippen molar-refractivity contribution in [2.45, 2.75) is 16.1 Å². The number of pyridine rings is 1. The van der Waals surface area contributed by atoms with Gasteiger partial charge >= 0.3 is 6.18 Å². The fraction of sp³-hybridized carbons (Fsp3) is 0.188. The minimum atomic E-state index is -4.86. The van der Waals surface area contributed by atoms with Crippen LogP contribution in [0, 0.1) is 11.3 Å². The molecule has 2 aromatic heterocycles. The monoisotopic (exact) mass is 443 g/mol. The second-order valence-corrected chi connectivity index (χ2v) is 8.58. The molecule has 152 valence electrons. The molecule has 0 aliphatic rings. The van der Waals surface area contributed by atoms with E-state index in [4.69, 9.17) is 0 Å². The van der Waals surface area contributed by atoms with Crippen LogP contribution in [0.4, 0.5) is 19.0 Å². The summed E-state index contributed by atoms with van der Waals surface area (Å²) in [6.45, 7) is 0. The lowest BCUT2D eigenvalue weighted by Gasteiger charge is -2.18. The smallest absolute Gasteiger partial charge is 0.322 e. The largest absolute Gasteiger partial charge is 0.417 e. The number of thioether (sulfide) groups is 1. The number of nitriles is 1. The predicted octanol–water partition coefficient (Wildman–Crippen LogP) is 2.69. The highest BCUT2D eigenvalue weighted by Crippen LogP contribution is 2.35. The number of rotatable bonds is 4. The first kappa shape index (κ1) is 20.7. The number of fused-ring (bicyclic) bond motifs is 1. The topological polar surface area (TPSA) is 123 Å². The fourth-order valence-electron chi connectivity index (χ4n) is 2.69. The van der Waals surface area contributed by atoms with E-state index in [1.54, 1.807) is 6.26 Å². The van der Waals surface area contributed by atoms with E-state index < -0.39 is 37.6 Å². The second-order valence-electron chi connectivity index (χ2n) is 5.79. The highest BCUT2D eigenvalue weighted by molar-refractivity contribution is 7.98. The first-order valence-electron chi connectivity index (χ1n) is 7.76. The summed E-state index contributed by atoms with van der Waals surface area (Å²) < 4.78 is 66.6. The maximum atomic E-state index is 13.3. The number of halogens is 3. The molecule has 0 saturated heterocycles. The Morgan fingerprint density at radius 2 is 1.97 bits per heavy atom. The van der Waals surface area contributed by atoms with E-state index in [0.29, 0.717) is 15.4 Å². The molecule has 0 fully saturated rings. The fourth-order valence-corrected chi connectivity index (χ4v) is 4.35. The van der Waals surface area contributed by atoms with Crippen molar-refractivity contribution >= 4 is 38.5 Å². The van der Waals surface area contributed by atoms with Crippen molar-refractivity contribution in [3.63, 3.8) is 0 Å². The third-order valence-electron chi connectivity index (χ3n) is 4.11. The van der Waals surface area contributed by atoms with E-state index >= 15 is 0 Å². The second kappa shape index (κ2) is 7.12. The number of H-pyrrole nitrogens is 2. The summed E-state index contributed by atoms with van der Waals surface area (Å²) in [5, 5.41) is 15.5. The van der Waals surface area contributed by atoms with E-state index in [1.807, 2.05) is 6.07 Å². The van der Waals surface area contributed by atoms with Crippen LogP contribution in [-0.2, 0) is 16.2 Å².